The third kappa shape index (κ3) is 4.46. The molecule has 134 valence electrons. The number of likely N-dealkylation sites (tertiary alicyclic amines) is 1. The van der Waals surface area contributed by atoms with E-state index < -0.39 is 22.2 Å². The molecule has 0 unspecified atom stereocenters. The normalized spacial score (nSPS) is 21.1. The quantitative estimate of drug-likeness (QED) is 0.796. The van der Waals surface area contributed by atoms with Gasteiger partial charge in [-0.2, -0.15) is 0 Å². The van der Waals surface area contributed by atoms with Gasteiger partial charge in [0.1, 0.15) is 12.6 Å². The van der Waals surface area contributed by atoms with Crippen molar-refractivity contribution in [2.75, 3.05) is 36.8 Å². The van der Waals surface area contributed by atoms with E-state index >= 15 is 0 Å². The Morgan fingerprint density at radius 2 is 2.12 bits per heavy atom. The van der Waals surface area contributed by atoms with Crippen LogP contribution in [0.3, 0.4) is 0 Å². The first kappa shape index (κ1) is 18.7. The lowest BCUT2D eigenvalue weighted by molar-refractivity contribution is -0.129. The number of nitrogens with zero attached hydrogens (tertiary/aromatic N) is 2. The Bertz CT molecular complexity index is 691. The van der Waals surface area contributed by atoms with Gasteiger partial charge < -0.3 is 14.7 Å². The summed E-state index contributed by atoms with van der Waals surface area (Å²) in [6, 6.07) is 6.98. The number of amides is 1. The Labute approximate surface area is 142 Å². The Kier molecular flexibility index (Phi) is 5.84. The van der Waals surface area contributed by atoms with Crippen LogP contribution in [0, 0.1) is 6.92 Å². The number of hydrogen-bond acceptors (Lipinski definition) is 5. The van der Waals surface area contributed by atoms with Gasteiger partial charge in [0.25, 0.3) is 0 Å². The van der Waals surface area contributed by atoms with Crippen LogP contribution in [0.25, 0.3) is 0 Å². The molecule has 1 aliphatic heterocycles. The molecule has 2 rings (SSSR count). The van der Waals surface area contributed by atoms with Gasteiger partial charge in [-0.05, 0) is 31.5 Å². The van der Waals surface area contributed by atoms with Crippen molar-refractivity contribution in [1.82, 2.24) is 4.90 Å². The molecule has 1 N–H and O–H groups in total. The summed E-state index contributed by atoms with van der Waals surface area (Å²) in [6.45, 7) is 4.24. The van der Waals surface area contributed by atoms with Crippen molar-refractivity contribution in [1.29, 1.82) is 0 Å². The van der Waals surface area contributed by atoms with E-state index in [-0.39, 0.29) is 25.5 Å². The van der Waals surface area contributed by atoms with Crippen LogP contribution < -0.4 is 4.31 Å². The highest BCUT2D eigenvalue weighted by atomic mass is 32.2. The Balaban J connectivity index is 2.15. The van der Waals surface area contributed by atoms with Crippen LogP contribution in [0.5, 0.6) is 0 Å². The third-order valence-electron chi connectivity index (χ3n) is 3.94. The average molecular weight is 356 g/mol. The van der Waals surface area contributed by atoms with Crippen molar-refractivity contribution in [3.8, 4) is 0 Å². The summed E-state index contributed by atoms with van der Waals surface area (Å²) < 4.78 is 30.7. The zero-order valence-corrected chi connectivity index (χ0v) is 15.0. The minimum absolute atomic E-state index is 0.148. The molecule has 0 bridgehead atoms. The minimum atomic E-state index is -3.60. The molecule has 1 amide bonds. The first-order valence-corrected chi connectivity index (χ1v) is 9.69. The zero-order valence-electron chi connectivity index (χ0n) is 14.2. The highest BCUT2D eigenvalue weighted by Gasteiger charge is 2.35. The van der Waals surface area contributed by atoms with Gasteiger partial charge in [0.05, 0.1) is 18.0 Å². The van der Waals surface area contributed by atoms with E-state index in [2.05, 4.69) is 0 Å². The van der Waals surface area contributed by atoms with E-state index in [1.54, 1.807) is 18.2 Å². The molecule has 7 nitrogen and oxygen atoms in total. The molecule has 1 aromatic carbocycles. The molecule has 24 heavy (non-hydrogen) atoms. The minimum Gasteiger partial charge on any atom is -0.388 e. The summed E-state index contributed by atoms with van der Waals surface area (Å²) in [5, 5.41) is 9.94. The van der Waals surface area contributed by atoms with Gasteiger partial charge in [-0.25, -0.2) is 8.42 Å². The van der Waals surface area contributed by atoms with Crippen LogP contribution in [0.15, 0.2) is 24.3 Å². The number of aryl methyl sites for hydroxylation is 1. The van der Waals surface area contributed by atoms with Crippen molar-refractivity contribution in [2.24, 2.45) is 0 Å². The maximum atomic E-state index is 12.5. The van der Waals surface area contributed by atoms with Crippen LogP contribution in [-0.4, -0.2) is 69.0 Å². The molecule has 0 radical (unpaired) electrons. The molecule has 2 atom stereocenters. The number of sulfonamides is 1. The molecule has 0 saturated carbocycles. The number of ether oxygens (including phenoxy) is 1. The summed E-state index contributed by atoms with van der Waals surface area (Å²) in [4.78, 5) is 14.0. The number of aliphatic hydroxyl groups excluding tert-OH is 1. The summed E-state index contributed by atoms with van der Waals surface area (Å²) in [5.41, 5.74) is 1.36. The predicted octanol–water partition coefficient (Wildman–Crippen LogP) is 0.369. The molecule has 1 aromatic rings. The summed E-state index contributed by atoms with van der Waals surface area (Å²) in [7, 11) is -3.60. The molecule has 1 fully saturated rings. The zero-order chi connectivity index (χ0) is 17.9. The largest absolute Gasteiger partial charge is 0.388 e. The number of rotatable bonds is 6. The number of hydrogen-bond donors (Lipinski definition) is 1. The van der Waals surface area contributed by atoms with E-state index in [9.17, 15) is 18.3 Å². The molecular weight excluding hydrogens is 332 g/mol. The number of anilines is 1. The topological polar surface area (TPSA) is 87.2 Å². The standard InChI is InChI=1S/C16H24N2O5S/c1-4-23-15-10-17(9-14(15)19)16(20)11-18(24(3,21)22)13-7-5-6-12(2)8-13/h5-8,14-15,19H,4,9-11H2,1-3H3/t14-,15-/m0/s1. The number of carbonyl (C=O) groups excluding carboxylic acids is 1. The maximum absolute atomic E-state index is 12.5. The fourth-order valence-electron chi connectivity index (χ4n) is 2.74. The maximum Gasteiger partial charge on any atom is 0.243 e. The molecule has 0 aliphatic carbocycles. The Morgan fingerprint density at radius 1 is 1.42 bits per heavy atom. The summed E-state index contributed by atoms with van der Waals surface area (Å²) in [6.07, 6.45) is -0.103. The molecule has 1 heterocycles. The van der Waals surface area contributed by atoms with Crippen LogP contribution in [-0.2, 0) is 19.6 Å². The van der Waals surface area contributed by atoms with Crippen molar-refractivity contribution in [3.05, 3.63) is 29.8 Å². The van der Waals surface area contributed by atoms with Crippen molar-refractivity contribution >= 4 is 21.6 Å². The summed E-state index contributed by atoms with van der Waals surface area (Å²) in [5.74, 6) is -0.358. The van der Waals surface area contributed by atoms with Crippen LogP contribution in [0.1, 0.15) is 12.5 Å². The first-order chi connectivity index (χ1) is 11.2. The van der Waals surface area contributed by atoms with Gasteiger partial charge in [0.2, 0.25) is 15.9 Å². The molecule has 1 aliphatic rings. The second-order valence-electron chi connectivity index (χ2n) is 5.97. The monoisotopic (exact) mass is 356 g/mol. The molecule has 0 spiro atoms. The SMILES string of the molecule is CCO[C@H]1CN(C(=O)CN(c2cccc(C)c2)S(C)(=O)=O)C[C@@H]1O. The van der Waals surface area contributed by atoms with Crippen LogP contribution in [0.4, 0.5) is 5.69 Å². The number of β-amino-alcohol motifs (C(OH)–C–C–N with tert-alkyl or cyclic N) is 1. The number of benzene rings is 1. The number of carbonyl (C=O) groups is 1. The molecular formula is C16H24N2O5S. The molecule has 8 heteroatoms. The van der Waals surface area contributed by atoms with E-state index in [0.717, 1.165) is 16.1 Å². The van der Waals surface area contributed by atoms with E-state index in [1.165, 1.54) is 4.90 Å². The Hall–Kier alpha value is -1.64. The van der Waals surface area contributed by atoms with Crippen molar-refractivity contribution in [2.45, 2.75) is 26.1 Å². The lowest BCUT2D eigenvalue weighted by Gasteiger charge is -2.25. The van der Waals surface area contributed by atoms with Crippen LogP contribution >= 0.6 is 0 Å². The highest BCUT2D eigenvalue weighted by Crippen LogP contribution is 2.20. The van der Waals surface area contributed by atoms with E-state index in [0.29, 0.717) is 12.3 Å². The second kappa shape index (κ2) is 7.50. The van der Waals surface area contributed by atoms with Gasteiger partial charge in [0, 0.05) is 19.7 Å². The lowest BCUT2D eigenvalue weighted by Crippen LogP contribution is -2.42. The smallest absolute Gasteiger partial charge is 0.243 e. The van der Waals surface area contributed by atoms with Crippen molar-refractivity contribution in [3.63, 3.8) is 0 Å². The summed E-state index contributed by atoms with van der Waals surface area (Å²) >= 11 is 0. The van der Waals surface area contributed by atoms with Gasteiger partial charge in [-0.3, -0.25) is 9.10 Å². The first-order valence-electron chi connectivity index (χ1n) is 7.84. The highest BCUT2D eigenvalue weighted by molar-refractivity contribution is 7.92. The average Bonchev–Trinajstić information content (AvgIpc) is 2.85. The van der Waals surface area contributed by atoms with Crippen LogP contribution in [0.2, 0.25) is 0 Å². The van der Waals surface area contributed by atoms with Gasteiger partial charge in [0.15, 0.2) is 0 Å². The fraction of sp³-hybridized carbons (Fsp3) is 0.562. The van der Waals surface area contributed by atoms with Gasteiger partial charge in [-0.15, -0.1) is 0 Å². The van der Waals surface area contributed by atoms with Crippen molar-refractivity contribution < 1.29 is 23.1 Å². The van der Waals surface area contributed by atoms with Gasteiger partial charge >= 0.3 is 0 Å². The second-order valence-corrected chi connectivity index (χ2v) is 7.88. The molecule has 1 saturated heterocycles. The lowest BCUT2D eigenvalue weighted by atomic mass is 10.2. The third-order valence-corrected chi connectivity index (χ3v) is 5.08. The van der Waals surface area contributed by atoms with E-state index in [1.807, 2.05) is 19.9 Å². The van der Waals surface area contributed by atoms with Gasteiger partial charge in [-0.1, -0.05) is 12.1 Å². The fourth-order valence-corrected chi connectivity index (χ4v) is 3.59. The molecule has 0 aromatic heterocycles. The Morgan fingerprint density at radius 3 is 2.71 bits per heavy atom. The van der Waals surface area contributed by atoms with E-state index in [4.69, 9.17) is 4.74 Å². The number of aliphatic hydroxyl groups is 1. The predicted molar refractivity (Wildman–Crippen MR) is 91.4 cm³/mol.